The van der Waals surface area contributed by atoms with E-state index in [0.29, 0.717) is 17.4 Å². The van der Waals surface area contributed by atoms with Gasteiger partial charge in [-0.2, -0.15) is 0 Å². The van der Waals surface area contributed by atoms with E-state index in [1.54, 1.807) is 12.1 Å². The standard InChI is InChI=1S/C24H25BrN2O3/c1-16-8-2-5-11-19(16)26-23(28)15-27-20-12-6-7-13-21(20)30-22(24(27)29)14-17-9-3-4-10-18(17)25/h3-4,6-7,9-10,12-14,16,19H,2,5,8,11,15H2,1H3,(H,26,28)/b22-14+/t16-,19-/m0/s1. The number of amides is 2. The molecule has 6 heteroatoms. The fourth-order valence-corrected chi connectivity index (χ4v) is 4.48. The molecule has 156 valence electrons. The molecule has 0 bridgehead atoms. The third-order valence-corrected chi connectivity index (χ3v) is 6.51. The molecule has 0 spiro atoms. The minimum absolute atomic E-state index is 0.0320. The molecule has 0 saturated heterocycles. The number of halogens is 1. The molecular weight excluding hydrogens is 444 g/mol. The molecule has 0 unspecified atom stereocenters. The normalized spacial score (nSPS) is 22.4. The van der Waals surface area contributed by atoms with Crippen molar-refractivity contribution < 1.29 is 14.3 Å². The van der Waals surface area contributed by atoms with Gasteiger partial charge in [-0.3, -0.25) is 14.5 Å². The van der Waals surface area contributed by atoms with Gasteiger partial charge in [0, 0.05) is 10.5 Å². The first-order chi connectivity index (χ1) is 14.5. The van der Waals surface area contributed by atoms with E-state index in [9.17, 15) is 9.59 Å². The Hall–Kier alpha value is -2.60. The van der Waals surface area contributed by atoms with Gasteiger partial charge in [0.25, 0.3) is 5.91 Å². The van der Waals surface area contributed by atoms with Gasteiger partial charge in [-0.25, -0.2) is 0 Å². The van der Waals surface area contributed by atoms with E-state index in [0.717, 1.165) is 29.3 Å². The highest BCUT2D eigenvalue weighted by atomic mass is 79.9. The van der Waals surface area contributed by atoms with Crippen LogP contribution in [-0.4, -0.2) is 24.4 Å². The van der Waals surface area contributed by atoms with Crippen LogP contribution in [0.1, 0.15) is 38.2 Å². The summed E-state index contributed by atoms with van der Waals surface area (Å²) in [5.41, 5.74) is 1.44. The first-order valence-corrected chi connectivity index (χ1v) is 11.2. The zero-order valence-electron chi connectivity index (χ0n) is 16.9. The average molecular weight is 469 g/mol. The number of ether oxygens (including phenoxy) is 1. The number of carbonyl (C=O) groups is 2. The molecule has 1 aliphatic heterocycles. The Kier molecular flexibility index (Phi) is 6.23. The Morgan fingerprint density at radius 2 is 1.90 bits per heavy atom. The summed E-state index contributed by atoms with van der Waals surface area (Å²) >= 11 is 3.50. The number of nitrogens with zero attached hydrogens (tertiary/aromatic N) is 1. The fourth-order valence-electron chi connectivity index (χ4n) is 4.08. The van der Waals surface area contributed by atoms with Gasteiger partial charge in [-0.15, -0.1) is 0 Å². The van der Waals surface area contributed by atoms with Gasteiger partial charge < -0.3 is 10.1 Å². The van der Waals surface area contributed by atoms with E-state index in [-0.39, 0.29) is 30.2 Å². The lowest BCUT2D eigenvalue weighted by Crippen LogP contribution is -2.48. The fraction of sp³-hybridized carbons (Fsp3) is 0.333. The van der Waals surface area contributed by atoms with Gasteiger partial charge in [-0.1, -0.05) is 66.0 Å². The average Bonchev–Trinajstić information content (AvgIpc) is 2.74. The van der Waals surface area contributed by atoms with Crippen LogP contribution < -0.4 is 15.0 Å². The lowest BCUT2D eigenvalue weighted by molar-refractivity contribution is -0.124. The molecule has 2 aliphatic rings. The van der Waals surface area contributed by atoms with Crippen molar-refractivity contribution in [3.05, 3.63) is 64.3 Å². The Labute approximate surface area is 185 Å². The molecule has 2 atom stereocenters. The largest absolute Gasteiger partial charge is 0.449 e. The van der Waals surface area contributed by atoms with E-state index >= 15 is 0 Å². The van der Waals surface area contributed by atoms with Crippen molar-refractivity contribution in [2.24, 2.45) is 5.92 Å². The number of hydrogen-bond acceptors (Lipinski definition) is 3. The molecular formula is C24H25BrN2O3. The Morgan fingerprint density at radius 3 is 2.70 bits per heavy atom. The molecule has 1 fully saturated rings. The van der Waals surface area contributed by atoms with Crippen molar-refractivity contribution in [1.82, 2.24) is 5.32 Å². The maximum absolute atomic E-state index is 13.2. The van der Waals surface area contributed by atoms with Crippen molar-refractivity contribution in [2.45, 2.75) is 38.6 Å². The zero-order valence-corrected chi connectivity index (χ0v) is 18.5. The highest BCUT2D eigenvalue weighted by Gasteiger charge is 2.32. The molecule has 2 aromatic carbocycles. The van der Waals surface area contributed by atoms with Crippen molar-refractivity contribution >= 4 is 39.5 Å². The molecule has 2 aromatic rings. The molecule has 2 amide bonds. The molecule has 1 aliphatic carbocycles. The molecule has 30 heavy (non-hydrogen) atoms. The predicted octanol–water partition coefficient (Wildman–Crippen LogP) is 4.91. The number of nitrogens with one attached hydrogen (secondary N) is 1. The lowest BCUT2D eigenvalue weighted by atomic mass is 9.86. The van der Waals surface area contributed by atoms with Crippen LogP contribution in [0.5, 0.6) is 5.75 Å². The van der Waals surface area contributed by atoms with Crippen LogP contribution in [0.4, 0.5) is 5.69 Å². The van der Waals surface area contributed by atoms with Gasteiger partial charge in [0.1, 0.15) is 6.54 Å². The van der Waals surface area contributed by atoms with Crippen molar-refractivity contribution in [2.75, 3.05) is 11.4 Å². The van der Waals surface area contributed by atoms with E-state index in [2.05, 4.69) is 28.2 Å². The Balaban J connectivity index is 1.58. The van der Waals surface area contributed by atoms with Crippen LogP contribution in [0.15, 0.2) is 58.8 Å². The summed E-state index contributed by atoms with van der Waals surface area (Å²) in [5, 5.41) is 3.14. The molecule has 0 radical (unpaired) electrons. The number of hydrogen-bond donors (Lipinski definition) is 1. The number of carbonyl (C=O) groups excluding carboxylic acids is 2. The number of rotatable bonds is 4. The van der Waals surface area contributed by atoms with Crippen LogP contribution in [0.2, 0.25) is 0 Å². The van der Waals surface area contributed by atoms with Crippen molar-refractivity contribution in [3.63, 3.8) is 0 Å². The van der Waals surface area contributed by atoms with E-state index in [1.165, 1.54) is 11.3 Å². The summed E-state index contributed by atoms with van der Waals surface area (Å²) in [4.78, 5) is 27.6. The molecule has 1 heterocycles. The monoisotopic (exact) mass is 468 g/mol. The Bertz CT molecular complexity index is 988. The third-order valence-electron chi connectivity index (χ3n) is 5.78. The van der Waals surface area contributed by atoms with Gasteiger partial charge >= 0.3 is 0 Å². The first kappa shape index (κ1) is 20.7. The summed E-state index contributed by atoms with van der Waals surface area (Å²) in [7, 11) is 0. The first-order valence-electron chi connectivity index (χ1n) is 10.4. The minimum atomic E-state index is -0.323. The SMILES string of the molecule is C[C@H]1CCCC[C@@H]1NC(=O)CN1C(=O)/C(=C\c2ccccc2Br)Oc2ccccc21. The number of fused-ring (bicyclic) bond motifs is 1. The smallest absolute Gasteiger partial charge is 0.294 e. The maximum atomic E-state index is 13.2. The third kappa shape index (κ3) is 4.43. The van der Waals surface area contributed by atoms with Crippen molar-refractivity contribution in [3.8, 4) is 5.75 Å². The minimum Gasteiger partial charge on any atom is -0.449 e. The van der Waals surface area contributed by atoms with E-state index < -0.39 is 0 Å². The summed E-state index contributed by atoms with van der Waals surface area (Å²) < 4.78 is 6.76. The molecule has 4 rings (SSSR count). The Morgan fingerprint density at radius 1 is 1.17 bits per heavy atom. The number of anilines is 1. The van der Waals surface area contributed by atoms with Gasteiger partial charge in [-0.05, 0) is 48.6 Å². The van der Waals surface area contributed by atoms with Crippen LogP contribution in [0, 0.1) is 5.92 Å². The highest BCUT2D eigenvalue weighted by molar-refractivity contribution is 9.10. The van der Waals surface area contributed by atoms with Crippen LogP contribution in [0.25, 0.3) is 6.08 Å². The molecule has 1 N–H and O–H groups in total. The van der Waals surface area contributed by atoms with Crippen LogP contribution >= 0.6 is 15.9 Å². The second-order valence-corrected chi connectivity index (χ2v) is 8.78. The summed E-state index contributed by atoms with van der Waals surface area (Å²) in [5.74, 6) is 0.755. The lowest BCUT2D eigenvalue weighted by Gasteiger charge is -2.32. The summed E-state index contributed by atoms with van der Waals surface area (Å²) in [6.07, 6.45) is 6.17. The second-order valence-electron chi connectivity index (χ2n) is 7.93. The topological polar surface area (TPSA) is 58.6 Å². The molecule has 5 nitrogen and oxygen atoms in total. The maximum Gasteiger partial charge on any atom is 0.294 e. The quantitative estimate of drug-likeness (QED) is 0.648. The van der Waals surface area contributed by atoms with Crippen LogP contribution in [-0.2, 0) is 9.59 Å². The molecule has 0 aromatic heterocycles. The van der Waals surface area contributed by atoms with Crippen LogP contribution in [0.3, 0.4) is 0 Å². The summed E-state index contributed by atoms with van der Waals surface area (Å²) in [6.45, 7) is 2.15. The van der Waals surface area contributed by atoms with Gasteiger partial charge in [0.05, 0.1) is 5.69 Å². The second kappa shape index (κ2) is 9.04. The summed E-state index contributed by atoms with van der Waals surface area (Å²) in [6, 6.07) is 15.1. The number of benzene rings is 2. The van der Waals surface area contributed by atoms with Crippen molar-refractivity contribution in [1.29, 1.82) is 0 Å². The molecule has 1 saturated carbocycles. The predicted molar refractivity (Wildman–Crippen MR) is 121 cm³/mol. The van der Waals surface area contributed by atoms with Gasteiger partial charge in [0.15, 0.2) is 11.5 Å². The highest BCUT2D eigenvalue weighted by Crippen LogP contribution is 2.36. The zero-order chi connectivity index (χ0) is 21.1. The number of para-hydroxylation sites is 2. The van der Waals surface area contributed by atoms with E-state index in [1.807, 2.05) is 42.5 Å². The van der Waals surface area contributed by atoms with Gasteiger partial charge in [0.2, 0.25) is 5.91 Å². The van der Waals surface area contributed by atoms with E-state index in [4.69, 9.17) is 4.74 Å².